The van der Waals surface area contributed by atoms with Crippen LogP contribution in [0.1, 0.15) is 38.5 Å². The molecule has 2 rings (SSSR count). The van der Waals surface area contributed by atoms with Crippen LogP contribution in [0.4, 0.5) is 0 Å². The van der Waals surface area contributed by atoms with E-state index in [9.17, 15) is 0 Å². The molecule has 2 aliphatic rings. The molecule has 21 heavy (non-hydrogen) atoms. The number of hydrogen-bond acceptors (Lipinski definition) is 4. The molecule has 0 saturated carbocycles. The minimum Gasteiger partial charge on any atom is -0.385 e. The summed E-state index contributed by atoms with van der Waals surface area (Å²) in [6, 6.07) is 0. The summed E-state index contributed by atoms with van der Waals surface area (Å²) in [7, 11) is 0. The van der Waals surface area contributed by atoms with Crippen molar-refractivity contribution in [2.45, 2.75) is 44.6 Å². The number of unbranched alkanes of at least 4 members (excludes halogenated alkanes) is 1. The highest BCUT2D eigenvalue weighted by Gasteiger charge is 2.13. The molecule has 0 amide bonds. The van der Waals surface area contributed by atoms with Crippen molar-refractivity contribution in [3.8, 4) is 0 Å². The minimum absolute atomic E-state index is 0.432. The van der Waals surface area contributed by atoms with Gasteiger partial charge < -0.3 is 21.1 Å². The number of hydrogen-bond donors (Lipinski definition) is 3. The van der Waals surface area contributed by atoms with E-state index in [0.29, 0.717) is 6.10 Å². The Morgan fingerprint density at radius 1 is 1.38 bits per heavy atom. The average molecular weight is 291 g/mol. The number of ether oxygens (including phenoxy) is 1. The molecule has 0 radical (unpaired) electrons. The lowest BCUT2D eigenvalue weighted by Gasteiger charge is -2.16. The third-order valence-electron chi connectivity index (χ3n) is 4.07. The van der Waals surface area contributed by atoms with Crippen molar-refractivity contribution in [2.24, 2.45) is 5.73 Å². The van der Waals surface area contributed by atoms with Gasteiger partial charge >= 0.3 is 0 Å². The normalized spacial score (nSPS) is 22.8. The summed E-state index contributed by atoms with van der Waals surface area (Å²) in [6.45, 7) is 8.08. The topological polar surface area (TPSA) is 59.3 Å². The summed E-state index contributed by atoms with van der Waals surface area (Å²) >= 11 is 0. The molecule has 2 aliphatic heterocycles. The van der Waals surface area contributed by atoms with Gasteiger partial charge in [-0.15, -0.1) is 0 Å². The molecule has 4 heteroatoms. The van der Waals surface area contributed by atoms with Gasteiger partial charge in [-0.2, -0.15) is 0 Å². The van der Waals surface area contributed by atoms with E-state index >= 15 is 0 Å². The van der Waals surface area contributed by atoms with E-state index in [1.807, 2.05) is 0 Å². The third-order valence-corrected chi connectivity index (χ3v) is 4.07. The van der Waals surface area contributed by atoms with Gasteiger partial charge in [-0.25, -0.2) is 0 Å². The maximum Gasteiger partial charge on any atom is 0.0993 e. The summed E-state index contributed by atoms with van der Waals surface area (Å²) in [4.78, 5) is 0. The van der Waals surface area contributed by atoms with Crippen molar-refractivity contribution < 1.29 is 4.74 Å². The SMILES string of the molecule is C=C(/C=C\C1=C(N)NCCC1)CCCCO[C@@H]1CCNC1. The van der Waals surface area contributed by atoms with Crippen molar-refractivity contribution >= 4 is 0 Å². The largest absolute Gasteiger partial charge is 0.385 e. The van der Waals surface area contributed by atoms with E-state index in [0.717, 1.165) is 70.6 Å². The molecule has 2 heterocycles. The molecule has 0 aromatic carbocycles. The summed E-state index contributed by atoms with van der Waals surface area (Å²) < 4.78 is 5.81. The third kappa shape index (κ3) is 5.94. The Kier molecular flexibility index (Phi) is 6.83. The number of allylic oxidation sites excluding steroid dienone is 4. The first-order chi connectivity index (χ1) is 10.3. The lowest BCUT2D eigenvalue weighted by Crippen LogP contribution is -2.26. The minimum atomic E-state index is 0.432. The Hall–Kier alpha value is -1.26. The highest BCUT2D eigenvalue weighted by atomic mass is 16.5. The Morgan fingerprint density at radius 2 is 2.29 bits per heavy atom. The maximum atomic E-state index is 5.93. The fourth-order valence-electron chi connectivity index (χ4n) is 2.70. The van der Waals surface area contributed by atoms with Crippen LogP contribution in [-0.4, -0.2) is 32.3 Å². The van der Waals surface area contributed by atoms with Crippen LogP contribution in [-0.2, 0) is 4.74 Å². The van der Waals surface area contributed by atoms with Crippen LogP contribution in [0, 0.1) is 0 Å². The van der Waals surface area contributed by atoms with E-state index in [-0.39, 0.29) is 0 Å². The van der Waals surface area contributed by atoms with Crippen LogP contribution in [0.2, 0.25) is 0 Å². The molecule has 1 saturated heterocycles. The smallest absolute Gasteiger partial charge is 0.0993 e. The molecule has 0 spiro atoms. The molecular weight excluding hydrogens is 262 g/mol. The Balaban J connectivity index is 1.56. The second-order valence-electron chi connectivity index (χ2n) is 5.90. The van der Waals surface area contributed by atoms with E-state index in [1.54, 1.807) is 0 Å². The second-order valence-corrected chi connectivity index (χ2v) is 5.90. The van der Waals surface area contributed by atoms with Crippen molar-refractivity contribution in [1.29, 1.82) is 0 Å². The molecule has 0 bridgehead atoms. The predicted molar refractivity (Wildman–Crippen MR) is 87.8 cm³/mol. The van der Waals surface area contributed by atoms with Crippen LogP contribution in [0.15, 0.2) is 35.7 Å². The molecule has 4 N–H and O–H groups in total. The van der Waals surface area contributed by atoms with Gasteiger partial charge in [0.2, 0.25) is 0 Å². The summed E-state index contributed by atoms with van der Waals surface area (Å²) in [5.41, 5.74) is 8.31. The monoisotopic (exact) mass is 291 g/mol. The second kappa shape index (κ2) is 8.90. The van der Waals surface area contributed by atoms with Crippen LogP contribution >= 0.6 is 0 Å². The Morgan fingerprint density at radius 3 is 3.05 bits per heavy atom. The first-order valence-corrected chi connectivity index (χ1v) is 8.16. The molecule has 1 fully saturated rings. The van der Waals surface area contributed by atoms with Crippen molar-refractivity contribution in [2.75, 3.05) is 26.2 Å². The predicted octanol–water partition coefficient (Wildman–Crippen LogP) is 2.20. The van der Waals surface area contributed by atoms with Crippen LogP contribution in [0.25, 0.3) is 0 Å². The zero-order valence-corrected chi connectivity index (χ0v) is 13.0. The molecule has 0 aliphatic carbocycles. The number of nitrogens with one attached hydrogen (secondary N) is 2. The molecule has 0 aromatic heterocycles. The van der Waals surface area contributed by atoms with Crippen LogP contribution < -0.4 is 16.4 Å². The number of rotatable bonds is 8. The molecule has 0 aromatic rings. The van der Waals surface area contributed by atoms with E-state index < -0.39 is 0 Å². The Labute approximate surface area is 128 Å². The standard InChI is InChI=1S/C17H29N3O/c1-14(7-8-15-6-4-10-20-17(15)18)5-2-3-12-21-16-9-11-19-13-16/h7-8,16,19-20H,1-6,9-13,18H2/b8-7-/t16-/m1/s1. The first-order valence-electron chi connectivity index (χ1n) is 8.16. The average Bonchev–Trinajstić information content (AvgIpc) is 2.99. The summed E-state index contributed by atoms with van der Waals surface area (Å²) in [6.07, 6.45) is 11.3. The number of nitrogens with two attached hydrogens (primary N) is 1. The lowest BCUT2D eigenvalue weighted by molar-refractivity contribution is 0.0645. The van der Waals surface area contributed by atoms with Gasteiger partial charge in [0.05, 0.1) is 11.9 Å². The molecule has 1 atom stereocenters. The molecule has 0 unspecified atom stereocenters. The van der Waals surface area contributed by atoms with Gasteiger partial charge in [0, 0.05) is 19.7 Å². The van der Waals surface area contributed by atoms with Crippen molar-refractivity contribution in [1.82, 2.24) is 10.6 Å². The van der Waals surface area contributed by atoms with Gasteiger partial charge in [0.25, 0.3) is 0 Å². The Bertz CT molecular complexity index is 395. The highest BCUT2D eigenvalue weighted by Crippen LogP contribution is 2.15. The van der Waals surface area contributed by atoms with Crippen molar-refractivity contribution in [3.05, 3.63) is 35.7 Å². The highest BCUT2D eigenvalue weighted by molar-refractivity contribution is 5.30. The summed E-state index contributed by atoms with van der Waals surface area (Å²) in [5.74, 6) is 0.823. The van der Waals surface area contributed by atoms with Crippen molar-refractivity contribution in [3.63, 3.8) is 0 Å². The first kappa shape index (κ1) is 16.1. The van der Waals surface area contributed by atoms with E-state index in [2.05, 4.69) is 29.4 Å². The molecule has 4 nitrogen and oxygen atoms in total. The quantitative estimate of drug-likeness (QED) is 0.474. The maximum absolute atomic E-state index is 5.93. The van der Waals surface area contributed by atoms with E-state index in [1.165, 1.54) is 11.1 Å². The zero-order valence-electron chi connectivity index (χ0n) is 13.0. The van der Waals surface area contributed by atoms with Gasteiger partial charge in [-0.1, -0.05) is 24.3 Å². The van der Waals surface area contributed by atoms with Gasteiger partial charge in [0.15, 0.2) is 0 Å². The lowest BCUT2D eigenvalue weighted by atomic mass is 10.0. The summed E-state index contributed by atoms with van der Waals surface area (Å²) in [5, 5.41) is 6.51. The van der Waals surface area contributed by atoms with Crippen LogP contribution in [0.5, 0.6) is 0 Å². The van der Waals surface area contributed by atoms with Gasteiger partial charge in [0.1, 0.15) is 0 Å². The fraction of sp³-hybridized carbons (Fsp3) is 0.647. The fourth-order valence-corrected chi connectivity index (χ4v) is 2.70. The van der Waals surface area contributed by atoms with Gasteiger partial charge in [-0.05, 0) is 50.6 Å². The van der Waals surface area contributed by atoms with E-state index in [4.69, 9.17) is 10.5 Å². The molecular formula is C17H29N3O. The van der Waals surface area contributed by atoms with Crippen LogP contribution in [0.3, 0.4) is 0 Å². The zero-order chi connectivity index (χ0) is 14.9. The van der Waals surface area contributed by atoms with Gasteiger partial charge in [-0.3, -0.25) is 0 Å². The molecule has 118 valence electrons.